The highest BCUT2D eigenvalue weighted by Crippen LogP contribution is 2.21. The number of nitrogens with one attached hydrogen (secondary N) is 1. The minimum Gasteiger partial charge on any atom is -0.398 e. The molecule has 0 aromatic heterocycles. The molecule has 0 saturated carbocycles. The second-order valence-corrected chi connectivity index (χ2v) is 7.63. The minimum atomic E-state index is -0.688. The van der Waals surface area contributed by atoms with Crippen molar-refractivity contribution in [3.05, 3.63) is 70.3 Å². The maximum atomic E-state index is 14.2. The van der Waals surface area contributed by atoms with Crippen LogP contribution in [0.25, 0.3) is 6.08 Å². The molecule has 2 aromatic carbocycles. The molecule has 0 bridgehead atoms. The molecule has 0 radical (unpaired) electrons. The van der Waals surface area contributed by atoms with Gasteiger partial charge in [0.2, 0.25) is 6.41 Å². The van der Waals surface area contributed by atoms with Crippen LogP contribution in [0, 0.1) is 17.1 Å². The lowest BCUT2D eigenvalue weighted by atomic mass is 10.1. The zero-order valence-electron chi connectivity index (χ0n) is 18.3. The number of rotatable bonds is 6. The summed E-state index contributed by atoms with van der Waals surface area (Å²) >= 11 is 0. The van der Waals surface area contributed by atoms with Crippen LogP contribution in [-0.4, -0.2) is 49.5 Å². The molecule has 0 atom stereocenters. The van der Waals surface area contributed by atoms with E-state index in [0.29, 0.717) is 36.6 Å². The largest absolute Gasteiger partial charge is 0.398 e. The van der Waals surface area contributed by atoms with Crippen LogP contribution in [0.2, 0.25) is 0 Å². The van der Waals surface area contributed by atoms with Gasteiger partial charge >= 0.3 is 0 Å². The first-order valence-electron chi connectivity index (χ1n) is 10.5. The van der Waals surface area contributed by atoms with Crippen LogP contribution < -0.4 is 16.8 Å². The van der Waals surface area contributed by atoms with Crippen molar-refractivity contribution < 1.29 is 9.18 Å². The second kappa shape index (κ2) is 11.0. The number of nitriles is 1. The molecule has 33 heavy (non-hydrogen) atoms. The van der Waals surface area contributed by atoms with Crippen molar-refractivity contribution in [3.63, 3.8) is 0 Å². The zero-order chi connectivity index (χ0) is 23.8. The quantitative estimate of drug-likeness (QED) is 0.270. The molecule has 0 unspecified atom stereocenters. The van der Waals surface area contributed by atoms with E-state index in [-0.39, 0.29) is 17.4 Å². The summed E-state index contributed by atoms with van der Waals surface area (Å²) in [6.07, 6.45) is 5.62. The average Bonchev–Trinajstić information content (AvgIpc) is 2.81. The van der Waals surface area contributed by atoms with Crippen LogP contribution in [-0.2, 0) is 4.79 Å². The molecule has 1 fully saturated rings. The molecule has 1 amide bonds. The van der Waals surface area contributed by atoms with Crippen LogP contribution in [0.4, 0.5) is 10.1 Å². The number of halogens is 1. The summed E-state index contributed by atoms with van der Waals surface area (Å²) in [6, 6.07) is 11.5. The molecule has 3 rings (SSSR count). The number of aliphatic imine (C=N–C) groups is 2. The fourth-order valence-electron chi connectivity index (χ4n) is 3.51. The van der Waals surface area contributed by atoms with Gasteiger partial charge in [-0.05, 0) is 54.8 Å². The first-order chi connectivity index (χ1) is 15.9. The molecule has 170 valence electrons. The predicted molar refractivity (Wildman–Crippen MR) is 128 cm³/mol. The Bertz CT molecular complexity index is 1140. The molecule has 8 nitrogen and oxygen atoms in total. The van der Waals surface area contributed by atoms with Crippen LogP contribution >= 0.6 is 0 Å². The molecular weight excluding hydrogens is 421 g/mol. The van der Waals surface area contributed by atoms with Crippen molar-refractivity contribution in [2.24, 2.45) is 15.7 Å². The van der Waals surface area contributed by atoms with Gasteiger partial charge in [0.15, 0.2) is 0 Å². The Balaban J connectivity index is 2.09. The predicted octanol–water partition coefficient (Wildman–Crippen LogP) is 2.24. The summed E-state index contributed by atoms with van der Waals surface area (Å²) in [5.41, 5.74) is 14.6. The van der Waals surface area contributed by atoms with Gasteiger partial charge in [-0.25, -0.2) is 9.38 Å². The van der Waals surface area contributed by atoms with E-state index in [0.717, 1.165) is 24.0 Å². The van der Waals surface area contributed by atoms with Crippen molar-refractivity contribution in [1.82, 2.24) is 10.2 Å². The molecule has 9 heteroatoms. The molecule has 1 aliphatic heterocycles. The first kappa shape index (κ1) is 23.6. The zero-order valence-corrected chi connectivity index (χ0v) is 18.3. The summed E-state index contributed by atoms with van der Waals surface area (Å²) in [6.45, 7) is 1.37. The van der Waals surface area contributed by atoms with Gasteiger partial charge in [0.25, 0.3) is 0 Å². The van der Waals surface area contributed by atoms with Crippen LogP contribution in [0.5, 0.6) is 0 Å². The van der Waals surface area contributed by atoms with E-state index in [1.807, 2.05) is 18.2 Å². The molecule has 2 aromatic rings. The summed E-state index contributed by atoms with van der Waals surface area (Å²) in [5.74, 6) is 0.0624. The molecule has 1 heterocycles. The number of benzene rings is 2. The number of amides is 1. The van der Waals surface area contributed by atoms with Crippen molar-refractivity contribution >= 4 is 30.2 Å². The molecule has 0 spiro atoms. The summed E-state index contributed by atoms with van der Waals surface area (Å²) < 4.78 is 14.2. The van der Waals surface area contributed by atoms with Gasteiger partial charge in [-0.1, -0.05) is 6.07 Å². The Kier molecular flexibility index (Phi) is 7.89. The minimum absolute atomic E-state index is 0.0861. The van der Waals surface area contributed by atoms with Crippen molar-refractivity contribution in [3.8, 4) is 6.07 Å². The number of nitrogens with two attached hydrogens (primary N) is 2. The van der Waals surface area contributed by atoms with E-state index >= 15 is 0 Å². The Morgan fingerprint density at radius 1 is 1.27 bits per heavy atom. The van der Waals surface area contributed by atoms with E-state index in [2.05, 4.69) is 20.2 Å². The Labute approximate surface area is 192 Å². The smallest absolute Gasteiger partial charge is 0.212 e. The molecule has 5 N–H and O–H groups in total. The number of carbonyl (C=O) groups excluding carboxylic acids is 1. The molecular formula is C24H26FN7O. The number of hydrogen-bond donors (Lipinski definition) is 3. The van der Waals surface area contributed by atoms with Crippen LogP contribution in [0.3, 0.4) is 0 Å². The van der Waals surface area contributed by atoms with Crippen molar-refractivity contribution in [2.45, 2.75) is 18.9 Å². The highest BCUT2D eigenvalue weighted by molar-refractivity contribution is 6.04. The Morgan fingerprint density at radius 2 is 2.03 bits per heavy atom. The van der Waals surface area contributed by atoms with E-state index < -0.39 is 5.82 Å². The normalized spacial score (nSPS) is 15.5. The number of anilines is 1. The van der Waals surface area contributed by atoms with E-state index in [1.165, 1.54) is 12.1 Å². The lowest BCUT2D eigenvalue weighted by molar-refractivity contribution is -0.108. The summed E-state index contributed by atoms with van der Waals surface area (Å²) in [5, 5.41) is 11.6. The maximum Gasteiger partial charge on any atom is 0.212 e. The third-order valence-corrected chi connectivity index (χ3v) is 5.32. The SMILES string of the molecule is CN=Cc1cc(/C=C(\N=C(NC=O)c2ccc(C#N)c(F)c2)N2CCC(N)CC2)ccc1N. The third kappa shape index (κ3) is 6.02. The standard InChI is InChI=1S/C24H26FN7O/c1-29-14-19-10-16(2-5-22(19)28)11-23(32-8-6-20(27)7-9-32)31-24(30-15-33)17-3-4-18(13-26)21(25)12-17/h2-5,10-12,14-15,20H,6-9,27-28H2,1H3,(H,30,31,33)/b23-11+,29-14?. The number of piperidine rings is 1. The van der Waals surface area contributed by atoms with Gasteiger partial charge in [-0.2, -0.15) is 5.26 Å². The average molecular weight is 448 g/mol. The van der Waals surface area contributed by atoms with E-state index in [9.17, 15) is 9.18 Å². The molecule has 1 saturated heterocycles. The second-order valence-electron chi connectivity index (χ2n) is 7.63. The van der Waals surface area contributed by atoms with Gasteiger partial charge in [0, 0.05) is 49.2 Å². The number of likely N-dealkylation sites (tertiary alicyclic amines) is 1. The van der Waals surface area contributed by atoms with E-state index in [1.54, 1.807) is 31.5 Å². The first-order valence-corrected chi connectivity index (χ1v) is 10.5. The fourth-order valence-corrected chi connectivity index (χ4v) is 3.51. The van der Waals surface area contributed by atoms with Gasteiger partial charge in [0.05, 0.1) is 5.56 Å². The maximum absolute atomic E-state index is 14.2. The number of nitrogens with zero attached hydrogens (tertiary/aromatic N) is 4. The highest BCUT2D eigenvalue weighted by atomic mass is 19.1. The summed E-state index contributed by atoms with van der Waals surface area (Å²) in [7, 11) is 1.67. The molecule has 1 aliphatic rings. The topological polar surface area (TPSA) is 133 Å². The van der Waals surface area contributed by atoms with Crippen LogP contribution in [0.15, 0.2) is 52.2 Å². The molecule has 0 aliphatic carbocycles. The lowest BCUT2D eigenvalue weighted by Crippen LogP contribution is -2.39. The summed E-state index contributed by atoms with van der Waals surface area (Å²) in [4.78, 5) is 22.1. The van der Waals surface area contributed by atoms with Gasteiger partial charge < -0.3 is 21.7 Å². The van der Waals surface area contributed by atoms with Crippen molar-refractivity contribution in [1.29, 1.82) is 5.26 Å². The third-order valence-electron chi connectivity index (χ3n) is 5.32. The Hall–Kier alpha value is -4.03. The fraction of sp³-hybridized carbons (Fsp3) is 0.250. The van der Waals surface area contributed by atoms with Gasteiger partial charge in [-0.15, -0.1) is 0 Å². The number of carbonyl (C=O) groups is 1. The van der Waals surface area contributed by atoms with Gasteiger partial charge in [0.1, 0.15) is 23.5 Å². The number of hydrogen-bond acceptors (Lipinski definition) is 7. The lowest BCUT2D eigenvalue weighted by Gasteiger charge is -2.32. The van der Waals surface area contributed by atoms with E-state index in [4.69, 9.17) is 16.7 Å². The van der Waals surface area contributed by atoms with Gasteiger partial charge in [-0.3, -0.25) is 9.79 Å². The number of amidine groups is 1. The highest BCUT2D eigenvalue weighted by Gasteiger charge is 2.19. The Morgan fingerprint density at radius 3 is 2.67 bits per heavy atom. The monoisotopic (exact) mass is 447 g/mol. The number of nitrogen functional groups attached to an aromatic ring is 1. The van der Waals surface area contributed by atoms with Crippen molar-refractivity contribution in [2.75, 3.05) is 25.9 Å². The van der Waals surface area contributed by atoms with Crippen LogP contribution in [0.1, 0.15) is 35.1 Å².